The van der Waals surface area contributed by atoms with Gasteiger partial charge in [0.1, 0.15) is 0 Å². The molecule has 0 radical (unpaired) electrons. The van der Waals surface area contributed by atoms with Crippen LogP contribution < -0.4 is 0 Å². The molecular formula is C8Cl8. The molecule has 0 saturated carbocycles. The van der Waals surface area contributed by atoms with E-state index in [-0.39, 0.29) is 40.3 Å². The number of rotatable bonds is 0. The molecule has 0 spiro atoms. The van der Waals surface area contributed by atoms with E-state index in [4.69, 9.17) is 92.8 Å². The Labute approximate surface area is 132 Å². The predicted molar refractivity (Wildman–Crippen MR) is 74.9 cm³/mol. The van der Waals surface area contributed by atoms with Gasteiger partial charge in [-0.1, -0.05) is 92.8 Å². The summed E-state index contributed by atoms with van der Waals surface area (Å²) in [7, 11) is 0. The van der Waals surface area contributed by atoms with Gasteiger partial charge in [0.05, 0.1) is 40.3 Å². The molecule has 8 heteroatoms. The van der Waals surface area contributed by atoms with Gasteiger partial charge in [0, 0.05) is 0 Å². The van der Waals surface area contributed by atoms with Crippen molar-refractivity contribution in [2.45, 2.75) is 0 Å². The second kappa shape index (κ2) is 5.95. The van der Waals surface area contributed by atoms with E-state index < -0.39 is 0 Å². The molecule has 0 N–H and O–H groups in total. The van der Waals surface area contributed by atoms with Crippen molar-refractivity contribution in [3.05, 3.63) is 40.3 Å². The van der Waals surface area contributed by atoms with Gasteiger partial charge < -0.3 is 0 Å². The average molecular weight is 380 g/mol. The summed E-state index contributed by atoms with van der Waals surface area (Å²) in [6, 6.07) is 0. The third-order valence-electron chi connectivity index (χ3n) is 1.54. The topological polar surface area (TPSA) is 0 Å². The molecule has 0 saturated heterocycles. The Hall–Kier alpha value is 1.28. The van der Waals surface area contributed by atoms with Crippen molar-refractivity contribution in [3.8, 4) is 0 Å². The molecule has 0 heterocycles. The molecule has 88 valence electrons. The zero-order valence-electron chi connectivity index (χ0n) is 7.02. The number of allylic oxidation sites excluding steroid dienone is 8. The molecule has 0 aliphatic heterocycles. The van der Waals surface area contributed by atoms with E-state index >= 15 is 0 Å². The highest BCUT2D eigenvalue weighted by Gasteiger charge is 2.23. The zero-order chi connectivity index (χ0) is 12.6. The number of hydrogen-bond acceptors (Lipinski definition) is 0. The van der Waals surface area contributed by atoms with Crippen LogP contribution in [-0.4, -0.2) is 0 Å². The summed E-state index contributed by atoms with van der Waals surface area (Å²) in [5.41, 5.74) is 0. The summed E-state index contributed by atoms with van der Waals surface area (Å²) in [5, 5.41) is -0.453. The van der Waals surface area contributed by atoms with Gasteiger partial charge in [-0.2, -0.15) is 0 Å². The van der Waals surface area contributed by atoms with Gasteiger partial charge in [0.25, 0.3) is 0 Å². The molecule has 0 aromatic rings. The average Bonchev–Trinajstić information content (AvgIpc) is 2.30. The Morgan fingerprint density at radius 3 is 0.375 bits per heavy atom. The van der Waals surface area contributed by atoms with E-state index in [2.05, 4.69) is 0 Å². The molecule has 0 aromatic carbocycles. The van der Waals surface area contributed by atoms with E-state index in [1.54, 1.807) is 0 Å². The van der Waals surface area contributed by atoms with Crippen LogP contribution in [0.5, 0.6) is 0 Å². The minimum Gasteiger partial charge on any atom is -0.0810 e. The van der Waals surface area contributed by atoms with Gasteiger partial charge in [-0.25, -0.2) is 0 Å². The van der Waals surface area contributed by atoms with E-state index in [1.807, 2.05) is 0 Å². The van der Waals surface area contributed by atoms with E-state index in [0.717, 1.165) is 0 Å². The first-order chi connectivity index (χ1) is 7.29. The van der Waals surface area contributed by atoms with Crippen LogP contribution in [0, 0.1) is 0 Å². The highest BCUT2D eigenvalue weighted by Crippen LogP contribution is 2.45. The second-order valence-electron chi connectivity index (χ2n) is 2.51. The first-order valence-electron chi connectivity index (χ1n) is 3.51. The molecule has 0 nitrogen and oxygen atoms in total. The quantitative estimate of drug-likeness (QED) is 0.436. The third-order valence-corrected chi connectivity index (χ3v) is 5.34. The Morgan fingerprint density at radius 2 is 0.312 bits per heavy atom. The smallest absolute Gasteiger partial charge is 0.0810 e. The van der Waals surface area contributed by atoms with E-state index in [1.165, 1.54) is 0 Å². The molecular weight excluding hydrogens is 380 g/mol. The lowest BCUT2D eigenvalue weighted by molar-refractivity contribution is 1.57. The van der Waals surface area contributed by atoms with Crippen molar-refractivity contribution in [1.82, 2.24) is 0 Å². The van der Waals surface area contributed by atoms with Crippen molar-refractivity contribution < 1.29 is 0 Å². The summed E-state index contributed by atoms with van der Waals surface area (Å²) in [5.74, 6) is 0. The monoisotopic (exact) mass is 376 g/mol. The van der Waals surface area contributed by atoms with Crippen molar-refractivity contribution in [3.63, 3.8) is 0 Å². The maximum atomic E-state index is 5.83. The molecule has 0 unspecified atom stereocenters. The van der Waals surface area contributed by atoms with Crippen molar-refractivity contribution in [2.24, 2.45) is 0 Å². The normalized spacial score (nSPS) is 37.5. The SMILES string of the molecule is ClC1=C(Cl)/C(Cl)=C(Cl)\C(Cl)=C(Cl)/C(Cl)=C\1Cl. The first-order valence-corrected chi connectivity index (χ1v) is 6.54. The molecule has 16 heavy (non-hydrogen) atoms. The van der Waals surface area contributed by atoms with Gasteiger partial charge in [-0.15, -0.1) is 0 Å². The van der Waals surface area contributed by atoms with Gasteiger partial charge in [0.15, 0.2) is 0 Å². The first kappa shape index (κ1) is 15.3. The zero-order valence-corrected chi connectivity index (χ0v) is 13.1. The molecule has 1 aliphatic carbocycles. The largest absolute Gasteiger partial charge is 0.0810 e. The Morgan fingerprint density at radius 1 is 0.250 bits per heavy atom. The maximum Gasteiger partial charge on any atom is 0.0810 e. The summed E-state index contributed by atoms with van der Waals surface area (Å²) >= 11 is 46.7. The van der Waals surface area contributed by atoms with E-state index in [9.17, 15) is 0 Å². The maximum absolute atomic E-state index is 5.83. The number of hydrogen-bond donors (Lipinski definition) is 0. The van der Waals surface area contributed by atoms with Crippen LogP contribution in [0.4, 0.5) is 0 Å². The van der Waals surface area contributed by atoms with Crippen LogP contribution in [-0.2, 0) is 0 Å². The van der Waals surface area contributed by atoms with Crippen molar-refractivity contribution in [1.29, 1.82) is 0 Å². The molecule has 0 atom stereocenters. The standard InChI is InChI=1S/C8Cl8/c9-1-2(10)4(12)6(14)8(16)7(15)5(13)3(1)11/b2-1-,3-1?,4-2?,5-3-,6-4-,7-5?,8-6?,8-7-. The summed E-state index contributed by atoms with van der Waals surface area (Å²) < 4.78 is 0. The highest BCUT2D eigenvalue weighted by atomic mass is 35.5. The fourth-order valence-electron chi connectivity index (χ4n) is 0.771. The van der Waals surface area contributed by atoms with Crippen molar-refractivity contribution >= 4 is 92.8 Å². The fraction of sp³-hybridized carbons (Fsp3) is 0. The van der Waals surface area contributed by atoms with Gasteiger partial charge >= 0.3 is 0 Å². The van der Waals surface area contributed by atoms with E-state index in [0.29, 0.717) is 0 Å². The lowest BCUT2D eigenvalue weighted by atomic mass is 10.3. The van der Waals surface area contributed by atoms with Crippen LogP contribution in [0.2, 0.25) is 0 Å². The Kier molecular flexibility index (Phi) is 5.70. The lowest BCUT2D eigenvalue weighted by Crippen LogP contribution is -1.93. The third kappa shape index (κ3) is 2.81. The molecule has 0 aromatic heterocycles. The minimum atomic E-state index is -0.0567. The lowest BCUT2D eigenvalue weighted by Gasteiger charge is -2.12. The summed E-state index contributed by atoms with van der Waals surface area (Å²) in [4.78, 5) is 0. The van der Waals surface area contributed by atoms with Crippen LogP contribution in [0.25, 0.3) is 0 Å². The Balaban J connectivity index is 3.67. The predicted octanol–water partition coefficient (Wildman–Crippen LogP) is 6.76. The van der Waals surface area contributed by atoms with Crippen LogP contribution >= 0.6 is 92.8 Å². The van der Waals surface area contributed by atoms with Crippen molar-refractivity contribution in [2.75, 3.05) is 0 Å². The minimum absolute atomic E-state index is 0.0567. The number of halogens is 8. The second-order valence-corrected chi connectivity index (χ2v) is 5.54. The molecule has 0 bridgehead atoms. The molecule has 1 rings (SSSR count). The summed E-state index contributed by atoms with van der Waals surface area (Å²) in [6.07, 6.45) is 0. The van der Waals surface area contributed by atoms with Gasteiger partial charge in [0.2, 0.25) is 0 Å². The highest BCUT2D eigenvalue weighted by molar-refractivity contribution is 6.60. The van der Waals surface area contributed by atoms with Crippen LogP contribution in [0.15, 0.2) is 40.3 Å². The fourth-order valence-corrected chi connectivity index (χ4v) is 2.67. The molecule has 0 fully saturated rings. The summed E-state index contributed by atoms with van der Waals surface area (Å²) in [6.45, 7) is 0. The van der Waals surface area contributed by atoms with Gasteiger partial charge in [-0.05, 0) is 0 Å². The van der Waals surface area contributed by atoms with Crippen LogP contribution in [0.3, 0.4) is 0 Å². The van der Waals surface area contributed by atoms with Gasteiger partial charge in [-0.3, -0.25) is 0 Å². The van der Waals surface area contributed by atoms with Crippen LogP contribution in [0.1, 0.15) is 0 Å². The molecule has 0 amide bonds. The molecule has 1 aliphatic rings. The Bertz CT molecular complexity index is 314.